The molecule has 0 aliphatic heterocycles. The van der Waals surface area contributed by atoms with Crippen molar-refractivity contribution >= 4 is 5.97 Å². The number of carbonyl (C=O) groups is 1. The molecule has 0 unspecified atom stereocenters. The highest BCUT2D eigenvalue weighted by Crippen LogP contribution is 2.46. The number of carboxylic acid groups (broad SMARTS) is 1. The quantitative estimate of drug-likeness (QED) is 0.192. The van der Waals surface area contributed by atoms with E-state index < -0.39 is 11.7 Å². The Balaban J connectivity index is 2.73. The molecule has 2 aromatic rings. The summed E-state index contributed by atoms with van der Waals surface area (Å²) < 4.78 is 17.5. The second-order valence-electron chi connectivity index (χ2n) is 11.1. The molecule has 0 aliphatic carbocycles. The Morgan fingerprint density at radius 2 is 1.31 bits per heavy atom. The molecule has 0 saturated heterocycles. The Kier molecular flexibility index (Phi) is 12.8. The van der Waals surface area contributed by atoms with Crippen molar-refractivity contribution in [2.75, 3.05) is 14.2 Å². The first-order chi connectivity index (χ1) is 19.8. The Bertz CT molecular complexity index is 1400. The minimum absolute atomic E-state index is 0.00584. The molecule has 7 heteroatoms. The summed E-state index contributed by atoms with van der Waals surface area (Å²) in [4.78, 5) is 12.4. The average Bonchev–Trinajstić information content (AvgIpc) is 2.90. The van der Waals surface area contributed by atoms with Gasteiger partial charge >= 0.3 is 5.97 Å². The molecular weight excluding hydrogens is 532 g/mol. The maximum absolute atomic E-state index is 12.4. The lowest BCUT2D eigenvalue weighted by molar-refractivity contribution is 0.0690. The minimum Gasteiger partial charge on any atom is -0.506 e. The lowest BCUT2D eigenvalue weighted by Gasteiger charge is -2.20. The van der Waals surface area contributed by atoms with Crippen molar-refractivity contribution in [1.29, 1.82) is 0 Å². The molecule has 0 saturated carbocycles. The van der Waals surface area contributed by atoms with E-state index in [1.807, 2.05) is 39.8 Å². The maximum Gasteiger partial charge on any atom is 0.343 e. The molecule has 42 heavy (non-hydrogen) atoms. The molecule has 0 bridgehead atoms. The van der Waals surface area contributed by atoms with Gasteiger partial charge in [0.05, 0.1) is 14.2 Å². The zero-order valence-corrected chi connectivity index (χ0v) is 26.5. The molecule has 0 aliphatic rings. The number of methoxy groups -OCH3 is 2. The van der Waals surface area contributed by atoms with Crippen LogP contribution in [0.3, 0.4) is 0 Å². The van der Waals surface area contributed by atoms with E-state index >= 15 is 0 Å². The largest absolute Gasteiger partial charge is 0.506 e. The number of rotatable bonds is 14. The van der Waals surface area contributed by atoms with Crippen LogP contribution in [0.1, 0.15) is 88.4 Å². The molecule has 0 fully saturated rings. The van der Waals surface area contributed by atoms with Crippen molar-refractivity contribution in [3.05, 3.63) is 81.0 Å². The highest BCUT2D eigenvalue weighted by molar-refractivity contribution is 5.95. The minimum atomic E-state index is -1.34. The van der Waals surface area contributed by atoms with Crippen molar-refractivity contribution in [2.45, 2.75) is 80.6 Å². The smallest absolute Gasteiger partial charge is 0.343 e. The summed E-state index contributed by atoms with van der Waals surface area (Å²) in [5, 5.41) is 32.4. The highest BCUT2D eigenvalue weighted by atomic mass is 16.5. The van der Waals surface area contributed by atoms with Gasteiger partial charge in [0, 0.05) is 22.8 Å². The van der Waals surface area contributed by atoms with Gasteiger partial charge in [-0.3, -0.25) is 0 Å². The number of aromatic hydroxyl groups is 2. The van der Waals surface area contributed by atoms with Gasteiger partial charge in [0.15, 0.2) is 11.5 Å². The molecule has 0 aromatic heterocycles. The second kappa shape index (κ2) is 15.8. The third-order valence-electron chi connectivity index (χ3n) is 6.77. The third-order valence-corrected chi connectivity index (χ3v) is 6.77. The molecule has 0 amide bonds. The van der Waals surface area contributed by atoms with E-state index in [1.165, 1.54) is 31.4 Å². The van der Waals surface area contributed by atoms with E-state index in [-0.39, 0.29) is 22.8 Å². The van der Waals surface area contributed by atoms with Crippen LogP contribution in [0.4, 0.5) is 0 Å². The van der Waals surface area contributed by atoms with E-state index in [0.29, 0.717) is 47.5 Å². The highest BCUT2D eigenvalue weighted by Gasteiger charge is 2.26. The number of phenols is 2. The summed E-state index contributed by atoms with van der Waals surface area (Å²) in [7, 11) is 2.93. The van der Waals surface area contributed by atoms with E-state index in [4.69, 9.17) is 14.2 Å². The number of aromatic carboxylic acids is 1. The Labute approximate surface area is 250 Å². The van der Waals surface area contributed by atoms with Crippen LogP contribution >= 0.6 is 0 Å². The Hall–Kier alpha value is -4.13. The van der Waals surface area contributed by atoms with Gasteiger partial charge in [-0.2, -0.15) is 0 Å². The molecule has 2 aromatic carbocycles. The summed E-state index contributed by atoms with van der Waals surface area (Å²) in [5.74, 6) is -0.958. The van der Waals surface area contributed by atoms with Crippen molar-refractivity contribution in [3.8, 4) is 34.5 Å². The van der Waals surface area contributed by atoms with E-state index in [1.54, 1.807) is 6.07 Å². The number of phenolic OH excluding ortho intramolecular Hbond substituents is 1. The van der Waals surface area contributed by atoms with Crippen LogP contribution in [0, 0.1) is 0 Å². The number of hydrogen-bond acceptors (Lipinski definition) is 6. The van der Waals surface area contributed by atoms with E-state index in [0.717, 1.165) is 24.0 Å². The summed E-state index contributed by atoms with van der Waals surface area (Å²) in [6, 6.07) is 3.19. The first kappa shape index (κ1) is 34.1. The summed E-state index contributed by atoms with van der Waals surface area (Å²) in [5.41, 5.74) is 5.61. The van der Waals surface area contributed by atoms with Crippen molar-refractivity contribution < 1.29 is 34.3 Å². The number of benzene rings is 2. The summed E-state index contributed by atoms with van der Waals surface area (Å²) in [6.45, 7) is 14.0. The normalized spacial score (nSPS) is 11.0. The molecule has 7 nitrogen and oxygen atoms in total. The van der Waals surface area contributed by atoms with Gasteiger partial charge in [-0.1, -0.05) is 46.6 Å². The molecule has 0 heterocycles. The first-order valence-electron chi connectivity index (χ1n) is 14.1. The molecule has 2 rings (SSSR count). The van der Waals surface area contributed by atoms with Gasteiger partial charge in [0.25, 0.3) is 0 Å². The first-order valence-corrected chi connectivity index (χ1v) is 14.1. The number of hydrogen-bond donors (Lipinski definition) is 3. The van der Waals surface area contributed by atoms with Crippen molar-refractivity contribution in [1.82, 2.24) is 0 Å². The second-order valence-corrected chi connectivity index (χ2v) is 11.1. The van der Waals surface area contributed by atoms with Crippen LogP contribution in [0.5, 0.6) is 34.5 Å². The zero-order valence-electron chi connectivity index (χ0n) is 26.5. The molecule has 0 atom stereocenters. The van der Waals surface area contributed by atoms with Crippen LogP contribution in [-0.2, 0) is 19.3 Å². The van der Waals surface area contributed by atoms with Gasteiger partial charge in [0.2, 0.25) is 0 Å². The molecule has 0 radical (unpaired) electrons. The molecule has 3 N–H and O–H groups in total. The SMILES string of the molecule is COc1cc(Oc2cc(C/C=C(/C)CCC=C(C)C)c(O)c(OC)c2CC=C(C)C)c(C(=O)O)c(O)c1CC=C(C)C. The van der Waals surface area contributed by atoms with Gasteiger partial charge in [-0.15, -0.1) is 0 Å². The monoisotopic (exact) mass is 578 g/mol. The Morgan fingerprint density at radius 1 is 0.714 bits per heavy atom. The average molecular weight is 579 g/mol. The lowest BCUT2D eigenvalue weighted by Crippen LogP contribution is -2.06. The molecule has 228 valence electrons. The van der Waals surface area contributed by atoms with Crippen molar-refractivity contribution in [2.24, 2.45) is 0 Å². The van der Waals surface area contributed by atoms with Crippen molar-refractivity contribution in [3.63, 3.8) is 0 Å². The van der Waals surface area contributed by atoms with Gasteiger partial charge in [-0.25, -0.2) is 4.79 Å². The van der Waals surface area contributed by atoms with Crippen LogP contribution in [0.2, 0.25) is 0 Å². The van der Waals surface area contributed by atoms with Gasteiger partial charge < -0.3 is 29.5 Å². The standard InChI is InChI=1S/C35H46O7/c1-21(2)11-10-12-24(7)15-16-25-19-29(27(18-14-23(5)6)34(41-9)32(25)36)42-30-20-28(40-8)26(17-13-22(3)4)33(37)31(30)35(38)39/h11,13-15,19-20,36-37H,10,12,16-18H2,1-9H3,(H,38,39)/b24-15-. The van der Waals surface area contributed by atoms with Crippen LogP contribution < -0.4 is 14.2 Å². The predicted molar refractivity (Wildman–Crippen MR) is 169 cm³/mol. The van der Waals surface area contributed by atoms with Crippen LogP contribution in [-0.4, -0.2) is 35.5 Å². The fourth-order valence-electron chi connectivity index (χ4n) is 4.41. The van der Waals surface area contributed by atoms with E-state index in [9.17, 15) is 20.1 Å². The molecule has 0 spiro atoms. The number of ether oxygens (including phenoxy) is 3. The Morgan fingerprint density at radius 3 is 1.83 bits per heavy atom. The number of allylic oxidation sites excluding steroid dienone is 8. The topological polar surface area (TPSA) is 105 Å². The van der Waals surface area contributed by atoms with Crippen LogP contribution in [0.15, 0.2) is 58.7 Å². The maximum atomic E-state index is 12.4. The van der Waals surface area contributed by atoms with E-state index in [2.05, 4.69) is 32.9 Å². The summed E-state index contributed by atoms with van der Waals surface area (Å²) in [6.07, 6.45) is 11.0. The fraction of sp³-hybridized carbons (Fsp3) is 0.400. The summed E-state index contributed by atoms with van der Waals surface area (Å²) >= 11 is 0. The molecular formula is C35H46O7. The zero-order chi connectivity index (χ0) is 31.6. The third kappa shape index (κ3) is 9.20. The van der Waals surface area contributed by atoms with Gasteiger partial charge in [-0.05, 0) is 86.6 Å². The number of carboxylic acids is 1. The lowest BCUT2D eigenvalue weighted by atomic mass is 9.99. The fourth-order valence-corrected chi connectivity index (χ4v) is 4.41. The predicted octanol–water partition coefficient (Wildman–Crippen LogP) is 8.86. The van der Waals surface area contributed by atoms with Crippen LogP contribution in [0.25, 0.3) is 0 Å². The van der Waals surface area contributed by atoms with Gasteiger partial charge in [0.1, 0.15) is 28.6 Å².